The number of carbonyl (C=O) groups excluding carboxylic acids is 7. The van der Waals surface area contributed by atoms with Gasteiger partial charge in [0.25, 0.3) is 0 Å². The van der Waals surface area contributed by atoms with Crippen LogP contribution in [0.15, 0.2) is 0 Å². The first-order valence-electron chi connectivity index (χ1n) is 19.5. The number of amides is 7. The first-order chi connectivity index (χ1) is 24.4. The van der Waals surface area contributed by atoms with Gasteiger partial charge in [0, 0.05) is 13.0 Å². The summed E-state index contributed by atoms with van der Waals surface area (Å²) in [4.78, 5) is 93.1. The van der Waals surface area contributed by atoms with Crippen LogP contribution >= 0.6 is 0 Å². The Morgan fingerprint density at radius 1 is 0.451 bits per heavy atom. The standard InChI is InChI=1S/C37H67N7O7/c1-7-11-14-20-27-34(48)39-26(6)33(47)42-29(22-16-13-9-3)36(50)44-30(23-17-18-24-38-31(45)19-10-4)37(51)43-28(21-15-12-8-2)35(49)40-25(5)32(46)41-27/h25-30H,7-24H2,1-6H3,(H,38,45)(H,39,48)(H,40,49)(H,41,46)(H,42,47)(H,43,51)(H,44,50)/t25-,26-,27+,28+,29+,30-/m1/s1. The summed E-state index contributed by atoms with van der Waals surface area (Å²) in [6, 6.07) is -5.97. The van der Waals surface area contributed by atoms with Gasteiger partial charge in [0.2, 0.25) is 41.4 Å². The van der Waals surface area contributed by atoms with E-state index in [2.05, 4.69) is 37.2 Å². The lowest BCUT2D eigenvalue weighted by Gasteiger charge is -2.28. The highest BCUT2D eigenvalue weighted by atomic mass is 16.2. The highest BCUT2D eigenvalue weighted by molar-refractivity contribution is 5.98. The van der Waals surface area contributed by atoms with Crippen molar-refractivity contribution in [3.8, 4) is 0 Å². The van der Waals surface area contributed by atoms with E-state index < -0.39 is 71.7 Å². The van der Waals surface area contributed by atoms with Crippen molar-refractivity contribution in [3.63, 3.8) is 0 Å². The number of rotatable bonds is 19. The van der Waals surface area contributed by atoms with E-state index in [0.717, 1.165) is 44.9 Å². The van der Waals surface area contributed by atoms with Crippen molar-refractivity contribution in [2.45, 2.75) is 187 Å². The molecule has 1 aliphatic heterocycles. The predicted molar refractivity (Wildman–Crippen MR) is 197 cm³/mol. The number of hydrogen-bond acceptors (Lipinski definition) is 7. The molecule has 6 atom stereocenters. The van der Waals surface area contributed by atoms with E-state index in [1.165, 1.54) is 13.8 Å². The van der Waals surface area contributed by atoms with Gasteiger partial charge in [-0.2, -0.15) is 0 Å². The molecule has 0 aromatic carbocycles. The van der Waals surface area contributed by atoms with Crippen LogP contribution in [0.25, 0.3) is 0 Å². The van der Waals surface area contributed by atoms with E-state index >= 15 is 0 Å². The molecule has 0 saturated carbocycles. The van der Waals surface area contributed by atoms with Gasteiger partial charge in [-0.25, -0.2) is 0 Å². The van der Waals surface area contributed by atoms with Gasteiger partial charge in [0.05, 0.1) is 0 Å². The molecule has 7 amide bonds. The lowest BCUT2D eigenvalue weighted by atomic mass is 10.0. The van der Waals surface area contributed by atoms with Crippen molar-refractivity contribution in [2.24, 2.45) is 0 Å². The molecule has 14 heteroatoms. The average Bonchev–Trinajstić information content (AvgIpc) is 3.09. The van der Waals surface area contributed by atoms with Gasteiger partial charge in [-0.3, -0.25) is 33.6 Å². The van der Waals surface area contributed by atoms with E-state index in [9.17, 15) is 33.6 Å². The Bertz CT molecular complexity index is 1110. The van der Waals surface area contributed by atoms with Crippen LogP contribution in [0.4, 0.5) is 0 Å². The fraction of sp³-hybridized carbons (Fsp3) is 0.811. The van der Waals surface area contributed by atoms with Crippen LogP contribution in [-0.2, 0) is 33.6 Å². The van der Waals surface area contributed by atoms with Crippen LogP contribution < -0.4 is 37.2 Å². The summed E-state index contributed by atoms with van der Waals surface area (Å²) < 4.78 is 0. The summed E-state index contributed by atoms with van der Waals surface area (Å²) in [7, 11) is 0. The summed E-state index contributed by atoms with van der Waals surface area (Å²) in [5.41, 5.74) is 0. The lowest BCUT2D eigenvalue weighted by Crippen LogP contribution is -2.60. The molecule has 7 N–H and O–H groups in total. The summed E-state index contributed by atoms with van der Waals surface area (Å²) >= 11 is 0. The summed E-state index contributed by atoms with van der Waals surface area (Å²) in [6.45, 7) is 11.4. The molecule has 14 nitrogen and oxygen atoms in total. The van der Waals surface area contributed by atoms with Gasteiger partial charge in [0.1, 0.15) is 36.3 Å². The summed E-state index contributed by atoms with van der Waals surface area (Å²) in [6.07, 6.45) is 10.5. The highest BCUT2D eigenvalue weighted by Crippen LogP contribution is 2.11. The second-order valence-corrected chi connectivity index (χ2v) is 13.8. The van der Waals surface area contributed by atoms with Gasteiger partial charge in [-0.1, -0.05) is 85.5 Å². The molecule has 51 heavy (non-hydrogen) atoms. The number of nitrogens with one attached hydrogen (secondary N) is 7. The van der Waals surface area contributed by atoms with Crippen molar-refractivity contribution < 1.29 is 33.6 Å². The highest BCUT2D eigenvalue weighted by Gasteiger charge is 2.33. The third kappa shape index (κ3) is 18.4. The number of unbranched alkanes of at least 4 members (excludes halogenated alkanes) is 7. The number of hydrogen-bond donors (Lipinski definition) is 7. The third-order valence-corrected chi connectivity index (χ3v) is 9.04. The second kappa shape index (κ2) is 26.1. The van der Waals surface area contributed by atoms with E-state index in [0.29, 0.717) is 64.3 Å². The van der Waals surface area contributed by atoms with E-state index in [4.69, 9.17) is 0 Å². The Kier molecular flexibility index (Phi) is 23.2. The quantitative estimate of drug-likeness (QED) is 0.0994. The van der Waals surface area contributed by atoms with Crippen LogP contribution in [-0.4, -0.2) is 84.1 Å². The number of carbonyl (C=O) groups is 7. The smallest absolute Gasteiger partial charge is 0.243 e. The molecule has 0 aromatic heterocycles. The van der Waals surface area contributed by atoms with Crippen LogP contribution in [0.3, 0.4) is 0 Å². The minimum absolute atomic E-state index is 0.0494. The monoisotopic (exact) mass is 722 g/mol. The molecule has 1 rings (SSSR count). The van der Waals surface area contributed by atoms with Crippen LogP contribution in [0, 0.1) is 0 Å². The SMILES string of the molecule is CCCCC[C@@H]1NC(=O)[C@@H](C)NC(=O)[C@H](CCCCC)NC(=O)[C@@H](CCCCNC(=O)CCC)NC(=O)[C@H](CCCCC)NC(=O)[C@@H](C)NC1=O. The molecule has 1 heterocycles. The minimum atomic E-state index is -1.03. The molecule has 1 aliphatic rings. The van der Waals surface area contributed by atoms with Crippen LogP contribution in [0.2, 0.25) is 0 Å². The molecule has 1 fully saturated rings. The van der Waals surface area contributed by atoms with Crippen molar-refractivity contribution in [3.05, 3.63) is 0 Å². The maximum Gasteiger partial charge on any atom is 0.243 e. The van der Waals surface area contributed by atoms with Gasteiger partial charge < -0.3 is 37.2 Å². The molecular weight excluding hydrogens is 654 g/mol. The van der Waals surface area contributed by atoms with Gasteiger partial charge in [0.15, 0.2) is 0 Å². The van der Waals surface area contributed by atoms with Crippen molar-refractivity contribution in [1.82, 2.24) is 37.2 Å². The maximum atomic E-state index is 13.8. The first kappa shape index (κ1) is 45.3. The molecule has 0 spiro atoms. The third-order valence-electron chi connectivity index (χ3n) is 9.04. The largest absolute Gasteiger partial charge is 0.356 e. The molecule has 0 aromatic rings. The maximum absolute atomic E-state index is 13.8. The zero-order chi connectivity index (χ0) is 38.2. The Morgan fingerprint density at radius 3 is 1.10 bits per heavy atom. The second-order valence-electron chi connectivity index (χ2n) is 13.8. The van der Waals surface area contributed by atoms with Crippen LogP contribution in [0.1, 0.15) is 151 Å². The fourth-order valence-electron chi connectivity index (χ4n) is 5.78. The first-order valence-corrected chi connectivity index (χ1v) is 19.5. The van der Waals surface area contributed by atoms with Gasteiger partial charge in [-0.05, 0) is 58.8 Å². The molecule has 0 radical (unpaired) electrons. The van der Waals surface area contributed by atoms with E-state index in [-0.39, 0.29) is 12.3 Å². The normalized spacial score (nSPS) is 24.2. The van der Waals surface area contributed by atoms with Crippen molar-refractivity contribution >= 4 is 41.4 Å². The topological polar surface area (TPSA) is 204 Å². The summed E-state index contributed by atoms with van der Waals surface area (Å²) in [5.74, 6) is -3.36. The van der Waals surface area contributed by atoms with E-state index in [1.54, 1.807) is 0 Å². The van der Waals surface area contributed by atoms with Gasteiger partial charge >= 0.3 is 0 Å². The molecule has 0 unspecified atom stereocenters. The van der Waals surface area contributed by atoms with Crippen molar-refractivity contribution in [2.75, 3.05) is 6.54 Å². The summed E-state index contributed by atoms with van der Waals surface area (Å²) in [5, 5.41) is 19.4. The molecular formula is C37H67N7O7. The minimum Gasteiger partial charge on any atom is -0.356 e. The predicted octanol–water partition coefficient (Wildman–Crippen LogP) is 2.78. The molecule has 292 valence electrons. The zero-order valence-electron chi connectivity index (χ0n) is 32.0. The molecule has 1 saturated heterocycles. The Hall–Kier alpha value is -3.71. The Balaban J connectivity index is 3.45. The van der Waals surface area contributed by atoms with Crippen LogP contribution in [0.5, 0.6) is 0 Å². The van der Waals surface area contributed by atoms with Gasteiger partial charge in [-0.15, -0.1) is 0 Å². The fourth-order valence-corrected chi connectivity index (χ4v) is 5.78. The lowest BCUT2D eigenvalue weighted by molar-refractivity contribution is -0.136. The average molecular weight is 722 g/mol. The molecule has 0 aliphatic carbocycles. The van der Waals surface area contributed by atoms with E-state index in [1.807, 2.05) is 27.7 Å². The molecule has 0 bridgehead atoms. The Morgan fingerprint density at radius 2 is 0.765 bits per heavy atom. The van der Waals surface area contributed by atoms with Crippen molar-refractivity contribution in [1.29, 1.82) is 0 Å². The Labute approximate surface area is 305 Å². The zero-order valence-corrected chi connectivity index (χ0v) is 32.0.